The molecule has 100 valence electrons. The van der Waals surface area contributed by atoms with Crippen molar-refractivity contribution >= 4 is 5.69 Å². The predicted octanol–water partition coefficient (Wildman–Crippen LogP) is 2.04. The summed E-state index contributed by atoms with van der Waals surface area (Å²) >= 11 is 0. The van der Waals surface area contributed by atoms with Crippen molar-refractivity contribution in [2.45, 2.75) is 38.0 Å². The van der Waals surface area contributed by atoms with Crippen LogP contribution in [-0.2, 0) is 4.74 Å². The summed E-state index contributed by atoms with van der Waals surface area (Å²) in [6, 6.07) is 7.62. The standard InChI is InChI=1S/C14H21NO3/c1-10-7-8-14(18-10)12(9-16)15-11-5-3-4-6-13(11)17-2/h3-6,10,12,14-16H,7-9H2,1-2H3. The molecule has 0 amide bonds. The number of anilines is 1. The van der Waals surface area contributed by atoms with Crippen molar-refractivity contribution < 1.29 is 14.6 Å². The second kappa shape index (κ2) is 6.07. The number of aliphatic hydroxyl groups excluding tert-OH is 1. The number of hydrogen-bond acceptors (Lipinski definition) is 4. The maximum absolute atomic E-state index is 9.51. The molecule has 1 heterocycles. The molecule has 18 heavy (non-hydrogen) atoms. The number of ether oxygens (including phenoxy) is 2. The Kier molecular flexibility index (Phi) is 4.44. The fraction of sp³-hybridized carbons (Fsp3) is 0.571. The highest BCUT2D eigenvalue weighted by Gasteiger charge is 2.29. The topological polar surface area (TPSA) is 50.7 Å². The Balaban J connectivity index is 2.05. The summed E-state index contributed by atoms with van der Waals surface area (Å²) in [5.41, 5.74) is 0.891. The zero-order valence-corrected chi connectivity index (χ0v) is 10.9. The minimum Gasteiger partial charge on any atom is -0.495 e. The molecule has 4 nitrogen and oxygen atoms in total. The smallest absolute Gasteiger partial charge is 0.141 e. The third-order valence-electron chi connectivity index (χ3n) is 3.36. The van der Waals surface area contributed by atoms with Crippen LogP contribution in [0.25, 0.3) is 0 Å². The maximum Gasteiger partial charge on any atom is 0.141 e. The van der Waals surface area contributed by atoms with Gasteiger partial charge in [-0.05, 0) is 31.9 Å². The highest BCUT2D eigenvalue weighted by molar-refractivity contribution is 5.56. The molecule has 0 bridgehead atoms. The van der Waals surface area contributed by atoms with Crippen LogP contribution in [0.1, 0.15) is 19.8 Å². The fourth-order valence-electron chi connectivity index (χ4n) is 2.35. The Morgan fingerprint density at radius 2 is 2.22 bits per heavy atom. The van der Waals surface area contributed by atoms with E-state index in [9.17, 15) is 5.11 Å². The number of hydrogen-bond donors (Lipinski definition) is 2. The SMILES string of the molecule is COc1ccccc1NC(CO)C1CCC(C)O1. The Labute approximate surface area is 108 Å². The van der Waals surface area contributed by atoms with Crippen LogP contribution in [0.15, 0.2) is 24.3 Å². The van der Waals surface area contributed by atoms with E-state index in [0.717, 1.165) is 24.3 Å². The van der Waals surface area contributed by atoms with Crippen LogP contribution >= 0.6 is 0 Å². The molecule has 1 aliphatic heterocycles. The lowest BCUT2D eigenvalue weighted by Gasteiger charge is -2.24. The summed E-state index contributed by atoms with van der Waals surface area (Å²) < 4.78 is 11.1. The predicted molar refractivity (Wildman–Crippen MR) is 71.1 cm³/mol. The normalized spacial score (nSPS) is 24.8. The number of benzene rings is 1. The second-order valence-corrected chi connectivity index (χ2v) is 4.70. The van der Waals surface area contributed by atoms with Crippen LogP contribution in [0, 0.1) is 0 Å². The van der Waals surface area contributed by atoms with Gasteiger partial charge in [0.2, 0.25) is 0 Å². The van der Waals surface area contributed by atoms with Gasteiger partial charge >= 0.3 is 0 Å². The van der Waals surface area contributed by atoms with Crippen LogP contribution < -0.4 is 10.1 Å². The number of para-hydroxylation sites is 2. The molecule has 1 aliphatic rings. The van der Waals surface area contributed by atoms with Crippen LogP contribution in [0.4, 0.5) is 5.69 Å². The minimum absolute atomic E-state index is 0.0510. The summed E-state index contributed by atoms with van der Waals surface area (Å²) in [4.78, 5) is 0. The van der Waals surface area contributed by atoms with Crippen LogP contribution in [0.2, 0.25) is 0 Å². The molecular weight excluding hydrogens is 230 g/mol. The van der Waals surface area contributed by atoms with E-state index < -0.39 is 0 Å². The maximum atomic E-state index is 9.51. The Bertz CT molecular complexity index is 383. The molecule has 3 unspecified atom stereocenters. The quantitative estimate of drug-likeness (QED) is 0.841. The van der Waals surface area contributed by atoms with Gasteiger partial charge in [-0.25, -0.2) is 0 Å². The molecule has 1 saturated heterocycles. The van der Waals surface area contributed by atoms with Crippen molar-refractivity contribution in [1.29, 1.82) is 0 Å². The Morgan fingerprint density at radius 3 is 2.83 bits per heavy atom. The first-order chi connectivity index (χ1) is 8.74. The Morgan fingerprint density at radius 1 is 1.44 bits per heavy atom. The largest absolute Gasteiger partial charge is 0.495 e. The fourth-order valence-corrected chi connectivity index (χ4v) is 2.35. The molecule has 1 fully saturated rings. The molecule has 0 spiro atoms. The van der Waals surface area contributed by atoms with E-state index in [1.165, 1.54) is 0 Å². The first-order valence-electron chi connectivity index (χ1n) is 6.40. The molecule has 0 aliphatic carbocycles. The van der Waals surface area contributed by atoms with E-state index in [1.807, 2.05) is 24.3 Å². The first kappa shape index (κ1) is 13.2. The highest BCUT2D eigenvalue weighted by atomic mass is 16.5. The van der Waals surface area contributed by atoms with E-state index in [-0.39, 0.29) is 24.9 Å². The van der Waals surface area contributed by atoms with Gasteiger partial charge in [0.25, 0.3) is 0 Å². The van der Waals surface area contributed by atoms with Crippen molar-refractivity contribution in [3.05, 3.63) is 24.3 Å². The average molecular weight is 251 g/mol. The van der Waals surface area contributed by atoms with E-state index in [1.54, 1.807) is 7.11 Å². The molecule has 3 atom stereocenters. The zero-order chi connectivity index (χ0) is 13.0. The molecule has 2 N–H and O–H groups in total. The van der Waals surface area contributed by atoms with Crippen molar-refractivity contribution in [3.8, 4) is 5.75 Å². The highest BCUT2D eigenvalue weighted by Crippen LogP contribution is 2.28. The second-order valence-electron chi connectivity index (χ2n) is 4.70. The molecule has 1 aromatic carbocycles. The van der Waals surface area contributed by atoms with Crippen LogP contribution in [0.5, 0.6) is 5.75 Å². The van der Waals surface area contributed by atoms with Crippen LogP contribution in [-0.4, -0.2) is 37.1 Å². The molecule has 1 aromatic rings. The first-order valence-corrected chi connectivity index (χ1v) is 6.40. The third kappa shape index (κ3) is 2.94. The van der Waals surface area contributed by atoms with E-state index in [0.29, 0.717) is 0 Å². The van der Waals surface area contributed by atoms with Crippen molar-refractivity contribution in [2.75, 3.05) is 19.0 Å². The van der Waals surface area contributed by atoms with Gasteiger partial charge in [0.1, 0.15) is 5.75 Å². The minimum atomic E-state index is -0.0914. The lowest BCUT2D eigenvalue weighted by Crippen LogP contribution is -2.37. The van der Waals surface area contributed by atoms with Gasteiger partial charge in [0.05, 0.1) is 37.7 Å². The van der Waals surface area contributed by atoms with Gasteiger partial charge in [-0.1, -0.05) is 12.1 Å². The van der Waals surface area contributed by atoms with Gasteiger partial charge in [0.15, 0.2) is 0 Å². The number of nitrogens with one attached hydrogen (secondary N) is 1. The van der Waals surface area contributed by atoms with Gasteiger partial charge in [-0.3, -0.25) is 0 Å². The molecule has 0 saturated carbocycles. The van der Waals surface area contributed by atoms with Crippen LogP contribution in [0.3, 0.4) is 0 Å². The van der Waals surface area contributed by atoms with Gasteiger partial charge < -0.3 is 19.9 Å². The molecule has 2 rings (SSSR count). The third-order valence-corrected chi connectivity index (χ3v) is 3.36. The van der Waals surface area contributed by atoms with E-state index in [4.69, 9.17) is 9.47 Å². The summed E-state index contributed by atoms with van der Waals surface area (Å²) in [6.07, 6.45) is 2.38. The lowest BCUT2D eigenvalue weighted by atomic mass is 10.1. The molecular formula is C14H21NO3. The summed E-state index contributed by atoms with van der Waals surface area (Å²) in [6.45, 7) is 2.12. The summed E-state index contributed by atoms with van der Waals surface area (Å²) in [5, 5.41) is 12.8. The van der Waals surface area contributed by atoms with Gasteiger partial charge in [-0.2, -0.15) is 0 Å². The number of aliphatic hydroxyl groups is 1. The van der Waals surface area contributed by atoms with Crippen molar-refractivity contribution in [3.63, 3.8) is 0 Å². The zero-order valence-electron chi connectivity index (χ0n) is 10.9. The van der Waals surface area contributed by atoms with E-state index >= 15 is 0 Å². The van der Waals surface area contributed by atoms with E-state index in [2.05, 4.69) is 12.2 Å². The molecule has 0 radical (unpaired) electrons. The lowest BCUT2D eigenvalue weighted by molar-refractivity contribution is 0.0323. The summed E-state index contributed by atoms with van der Waals surface area (Å²) in [7, 11) is 1.64. The van der Waals surface area contributed by atoms with Gasteiger partial charge in [0, 0.05) is 0 Å². The number of methoxy groups -OCH3 is 1. The average Bonchev–Trinajstić information content (AvgIpc) is 2.83. The van der Waals surface area contributed by atoms with Crippen molar-refractivity contribution in [1.82, 2.24) is 0 Å². The molecule has 4 heteroatoms. The monoisotopic (exact) mass is 251 g/mol. The van der Waals surface area contributed by atoms with Gasteiger partial charge in [-0.15, -0.1) is 0 Å². The molecule has 0 aromatic heterocycles. The summed E-state index contributed by atoms with van der Waals surface area (Å²) in [5.74, 6) is 0.780. The number of rotatable bonds is 5. The Hall–Kier alpha value is -1.26. The van der Waals surface area contributed by atoms with Crippen molar-refractivity contribution in [2.24, 2.45) is 0 Å².